The highest BCUT2D eigenvalue weighted by molar-refractivity contribution is 8.14. The van der Waals surface area contributed by atoms with Gasteiger partial charge < -0.3 is 5.11 Å². The van der Waals surface area contributed by atoms with Gasteiger partial charge in [0.05, 0.1) is 10.4 Å². The molecule has 6 nitrogen and oxygen atoms in total. The average Bonchev–Trinajstić information content (AvgIpc) is 2.53. The minimum absolute atomic E-state index is 0. The molecule has 0 amide bonds. The Morgan fingerprint density at radius 3 is 2.52 bits per heavy atom. The second-order valence-corrected chi connectivity index (χ2v) is 7.78. The van der Waals surface area contributed by atoms with Crippen LogP contribution in [0.4, 0.5) is 0 Å². The number of hydrogen-bond donors (Lipinski definition) is 3. The summed E-state index contributed by atoms with van der Waals surface area (Å²) < 4.78 is 23.0. The highest BCUT2D eigenvalue weighted by Crippen LogP contribution is 2.42. The van der Waals surface area contributed by atoms with E-state index in [-0.39, 0.29) is 38.3 Å². The van der Waals surface area contributed by atoms with Crippen molar-refractivity contribution in [2.75, 3.05) is 7.05 Å². The van der Waals surface area contributed by atoms with Crippen LogP contribution >= 0.6 is 35.8 Å². The molecule has 118 valence electrons. The summed E-state index contributed by atoms with van der Waals surface area (Å²) in [5.74, 6) is 0. The van der Waals surface area contributed by atoms with Crippen molar-refractivity contribution in [2.24, 2.45) is 5.14 Å². The zero-order valence-corrected chi connectivity index (χ0v) is 14.4. The first-order chi connectivity index (χ1) is 9.08. The Morgan fingerprint density at radius 2 is 2.10 bits per heavy atom. The number of nitrogens with two attached hydrogens (primary N) is 1. The second kappa shape index (κ2) is 6.04. The molecule has 0 aromatic heterocycles. The van der Waals surface area contributed by atoms with Gasteiger partial charge in [-0.05, 0) is 26.1 Å². The molecule has 0 saturated carbocycles. The topological polar surface area (TPSA) is 107 Å². The van der Waals surface area contributed by atoms with Gasteiger partial charge in [0.2, 0.25) is 10.0 Å². The van der Waals surface area contributed by atoms with Crippen molar-refractivity contribution >= 4 is 50.8 Å². The fourth-order valence-electron chi connectivity index (χ4n) is 2.03. The van der Waals surface area contributed by atoms with Gasteiger partial charge >= 0.3 is 0 Å². The van der Waals surface area contributed by atoms with Crippen LogP contribution in [0.5, 0.6) is 0 Å². The molecule has 0 aliphatic carbocycles. The van der Waals surface area contributed by atoms with Crippen LogP contribution in [0.25, 0.3) is 0 Å². The lowest BCUT2D eigenvalue weighted by molar-refractivity contribution is -0.0348. The Morgan fingerprint density at radius 1 is 1.52 bits per heavy atom. The number of halogens is 2. The van der Waals surface area contributed by atoms with Gasteiger partial charge in [0.15, 0.2) is 5.72 Å². The normalized spacial score (nSPS) is 26.7. The highest BCUT2D eigenvalue weighted by atomic mass is 35.5. The lowest BCUT2D eigenvalue weighted by Crippen LogP contribution is -2.45. The highest BCUT2D eigenvalue weighted by Gasteiger charge is 2.48. The Bertz CT molecular complexity index is 683. The van der Waals surface area contributed by atoms with E-state index in [4.69, 9.17) is 22.1 Å². The average molecular weight is 372 g/mol. The molecule has 0 radical (unpaired) electrons. The summed E-state index contributed by atoms with van der Waals surface area (Å²) in [6, 6.07) is 4.05. The van der Waals surface area contributed by atoms with Gasteiger partial charge in [0.25, 0.3) is 0 Å². The van der Waals surface area contributed by atoms with E-state index in [2.05, 4.69) is 0 Å². The van der Waals surface area contributed by atoms with Gasteiger partial charge in [-0.1, -0.05) is 29.4 Å². The smallest absolute Gasteiger partial charge is 0.239 e. The fraction of sp³-hybridized carbons (Fsp3) is 0.364. The molecule has 1 aromatic carbocycles. The van der Waals surface area contributed by atoms with Crippen LogP contribution in [0, 0.1) is 5.41 Å². The van der Waals surface area contributed by atoms with Crippen LogP contribution < -0.4 is 5.14 Å². The molecule has 1 aromatic rings. The first-order valence-corrected chi connectivity index (χ1v) is 8.42. The number of sulfonamides is 1. The standard InChI is InChI=1S/C11H14ClN3O3S2.ClH/c1-6-15(2)11(16,10(13)19-6)7-3-4-8(12)9(5-7)20(14,17)18;/h3-6,13,16H,1-2H3,(H2,14,17,18);1H. The number of nitrogens with zero attached hydrogens (tertiary/aromatic N) is 1. The summed E-state index contributed by atoms with van der Waals surface area (Å²) in [4.78, 5) is 1.31. The number of rotatable bonds is 2. The van der Waals surface area contributed by atoms with E-state index in [0.717, 1.165) is 0 Å². The van der Waals surface area contributed by atoms with E-state index in [1.807, 2.05) is 6.92 Å². The molecule has 1 aliphatic rings. The van der Waals surface area contributed by atoms with E-state index in [9.17, 15) is 13.5 Å². The second-order valence-electron chi connectivity index (χ2n) is 4.52. The number of aliphatic hydroxyl groups is 1. The van der Waals surface area contributed by atoms with Crippen molar-refractivity contribution in [1.29, 1.82) is 5.41 Å². The molecule has 2 atom stereocenters. The quantitative estimate of drug-likeness (QED) is 0.730. The summed E-state index contributed by atoms with van der Waals surface area (Å²) in [6.45, 7) is 1.84. The molecule has 2 rings (SSSR count). The summed E-state index contributed by atoms with van der Waals surface area (Å²) >= 11 is 7.01. The van der Waals surface area contributed by atoms with Crippen LogP contribution in [-0.4, -0.2) is 35.9 Å². The maximum atomic E-state index is 11.5. The lowest BCUT2D eigenvalue weighted by Gasteiger charge is -2.31. The lowest BCUT2D eigenvalue weighted by atomic mass is 10.0. The zero-order chi connectivity index (χ0) is 15.3. The van der Waals surface area contributed by atoms with E-state index in [0.29, 0.717) is 0 Å². The predicted octanol–water partition coefficient (Wildman–Crippen LogP) is 1.56. The van der Waals surface area contributed by atoms with Crippen molar-refractivity contribution in [2.45, 2.75) is 22.9 Å². The number of benzene rings is 1. The minimum atomic E-state index is -4.00. The number of primary sulfonamides is 1. The number of thioether (sulfide) groups is 1. The Balaban J connectivity index is 0.00000220. The van der Waals surface area contributed by atoms with Gasteiger partial charge in [0.1, 0.15) is 9.94 Å². The van der Waals surface area contributed by atoms with Crippen molar-refractivity contribution in [1.82, 2.24) is 4.90 Å². The molecule has 1 heterocycles. The Labute approximate surface area is 138 Å². The van der Waals surface area contributed by atoms with Crippen molar-refractivity contribution in [3.8, 4) is 0 Å². The summed E-state index contributed by atoms with van der Waals surface area (Å²) in [5.41, 5.74) is -1.43. The van der Waals surface area contributed by atoms with Crippen molar-refractivity contribution in [3.63, 3.8) is 0 Å². The van der Waals surface area contributed by atoms with E-state index in [1.54, 1.807) is 11.9 Å². The molecule has 4 N–H and O–H groups in total. The Kier molecular flexibility index (Phi) is 5.37. The molecule has 0 bridgehead atoms. The van der Waals surface area contributed by atoms with Gasteiger partial charge in [-0.25, -0.2) is 13.6 Å². The number of nitrogens with one attached hydrogen (secondary N) is 1. The third-order valence-electron chi connectivity index (χ3n) is 3.30. The molecule has 2 unspecified atom stereocenters. The minimum Gasteiger partial charge on any atom is -0.366 e. The molecule has 1 aliphatic heterocycles. The van der Waals surface area contributed by atoms with Crippen molar-refractivity contribution in [3.05, 3.63) is 28.8 Å². The maximum Gasteiger partial charge on any atom is 0.239 e. The van der Waals surface area contributed by atoms with Gasteiger partial charge in [-0.3, -0.25) is 10.3 Å². The van der Waals surface area contributed by atoms with Gasteiger partial charge in [-0.2, -0.15) is 0 Å². The maximum absolute atomic E-state index is 11.5. The summed E-state index contributed by atoms with van der Waals surface area (Å²) in [5, 5.41) is 23.7. The largest absolute Gasteiger partial charge is 0.366 e. The van der Waals surface area contributed by atoms with E-state index in [1.165, 1.54) is 30.0 Å². The number of hydrogen-bond acceptors (Lipinski definition) is 6. The molecule has 10 heteroatoms. The molecule has 0 spiro atoms. The first-order valence-electron chi connectivity index (χ1n) is 5.62. The molecule has 1 fully saturated rings. The summed E-state index contributed by atoms with van der Waals surface area (Å²) in [6.07, 6.45) is 0. The van der Waals surface area contributed by atoms with Crippen LogP contribution in [0.1, 0.15) is 12.5 Å². The third-order valence-corrected chi connectivity index (χ3v) is 5.87. The third kappa shape index (κ3) is 3.07. The fourth-order valence-corrected chi connectivity index (χ4v) is 4.18. The van der Waals surface area contributed by atoms with Crippen LogP contribution in [0.15, 0.2) is 23.1 Å². The van der Waals surface area contributed by atoms with Gasteiger partial charge in [0, 0.05) is 5.56 Å². The van der Waals surface area contributed by atoms with Crippen LogP contribution in [0.3, 0.4) is 0 Å². The molecular formula is C11H15Cl2N3O3S2. The van der Waals surface area contributed by atoms with Crippen molar-refractivity contribution < 1.29 is 13.5 Å². The predicted molar refractivity (Wildman–Crippen MR) is 86.5 cm³/mol. The summed E-state index contributed by atoms with van der Waals surface area (Å²) in [7, 11) is -2.34. The monoisotopic (exact) mass is 371 g/mol. The van der Waals surface area contributed by atoms with Gasteiger partial charge in [-0.15, -0.1) is 12.4 Å². The molecule has 21 heavy (non-hydrogen) atoms. The zero-order valence-electron chi connectivity index (χ0n) is 11.2. The molecule has 1 saturated heterocycles. The van der Waals surface area contributed by atoms with E-state index < -0.39 is 15.7 Å². The van der Waals surface area contributed by atoms with Crippen LogP contribution in [-0.2, 0) is 15.7 Å². The van der Waals surface area contributed by atoms with E-state index >= 15 is 0 Å². The van der Waals surface area contributed by atoms with Crippen LogP contribution in [0.2, 0.25) is 5.02 Å². The molecular weight excluding hydrogens is 357 g/mol. The first kappa shape index (κ1) is 18.7. The Hall–Kier alpha value is -0.350. The SMILES string of the molecule is CC1SC(=N)C(O)(c2ccc(Cl)c(S(N)(=O)=O)c2)N1C.Cl.